The first-order valence-electron chi connectivity index (χ1n) is 13.1. The van der Waals surface area contributed by atoms with Gasteiger partial charge in [-0.3, -0.25) is 4.90 Å². The molecule has 0 spiro atoms. The van der Waals surface area contributed by atoms with Crippen LogP contribution in [0.25, 0.3) is 11.4 Å². The van der Waals surface area contributed by atoms with Gasteiger partial charge in [0, 0.05) is 43.1 Å². The topological polar surface area (TPSA) is 50.3 Å². The van der Waals surface area contributed by atoms with Crippen molar-refractivity contribution in [3.05, 3.63) is 76.0 Å². The Morgan fingerprint density at radius 3 is 2.49 bits per heavy atom. The van der Waals surface area contributed by atoms with Crippen LogP contribution in [-0.2, 0) is 30.5 Å². The Morgan fingerprint density at radius 2 is 1.77 bits per heavy atom. The standard InChI is InChI=1S/C30H40N4O/c1-6-22-13-10-14-23(7-2)28(22)30-32-21(3)26(29(33-30)31-18-19-35-5)20-34(4)27-17-11-15-24-12-8-9-16-25(24)27/h8-10,12-14,16,27H,6-7,11,15,17-20H2,1-5H3,(H,31,32,33)/t27-/m0/s1. The Balaban J connectivity index is 1.71. The van der Waals surface area contributed by atoms with Crippen LogP contribution in [0.3, 0.4) is 0 Å². The Bertz CT molecular complexity index is 1120. The smallest absolute Gasteiger partial charge is 0.162 e. The van der Waals surface area contributed by atoms with E-state index in [4.69, 9.17) is 14.7 Å². The van der Waals surface area contributed by atoms with Gasteiger partial charge >= 0.3 is 0 Å². The summed E-state index contributed by atoms with van der Waals surface area (Å²) in [6.45, 7) is 8.69. The number of nitrogens with zero attached hydrogens (tertiary/aromatic N) is 3. The zero-order chi connectivity index (χ0) is 24.8. The molecule has 0 bridgehead atoms. The minimum atomic E-state index is 0.415. The van der Waals surface area contributed by atoms with E-state index in [-0.39, 0.29) is 0 Å². The van der Waals surface area contributed by atoms with Gasteiger partial charge in [-0.1, -0.05) is 56.3 Å². The summed E-state index contributed by atoms with van der Waals surface area (Å²) < 4.78 is 5.32. The lowest BCUT2D eigenvalue weighted by molar-refractivity contribution is 0.209. The summed E-state index contributed by atoms with van der Waals surface area (Å²) in [6, 6.07) is 15.9. The molecule has 1 aliphatic carbocycles. The number of methoxy groups -OCH3 is 1. The quantitative estimate of drug-likeness (QED) is 0.359. The fraction of sp³-hybridized carbons (Fsp3) is 0.467. The number of aryl methyl sites for hydroxylation is 4. The van der Waals surface area contributed by atoms with E-state index in [2.05, 4.69) is 80.5 Å². The van der Waals surface area contributed by atoms with Crippen molar-refractivity contribution in [1.82, 2.24) is 14.9 Å². The van der Waals surface area contributed by atoms with Gasteiger partial charge in [-0.25, -0.2) is 9.97 Å². The van der Waals surface area contributed by atoms with E-state index < -0.39 is 0 Å². The number of nitrogens with one attached hydrogen (secondary N) is 1. The molecule has 1 N–H and O–H groups in total. The highest BCUT2D eigenvalue weighted by molar-refractivity contribution is 5.67. The predicted molar refractivity (Wildman–Crippen MR) is 145 cm³/mol. The largest absolute Gasteiger partial charge is 0.383 e. The van der Waals surface area contributed by atoms with Crippen molar-refractivity contribution in [2.45, 2.75) is 65.5 Å². The Hall–Kier alpha value is -2.76. The SMILES string of the molecule is CCc1cccc(CC)c1-c1nc(C)c(CN(C)[C@H]2CCCc3ccccc32)c(NCCOC)n1. The van der Waals surface area contributed by atoms with Gasteiger partial charge in [-0.05, 0) is 68.3 Å². The second kappa shape index (κ2) is 11.8. The van der Waals surface area contributed by atoms with Gasteiger partial charge < -0.3 is 10.1 Å². The molecule has 1 heterocycles. The lowest BCUT2D eigenvalue weighted by atomic mass is 9.87. The van der Waals surface area contributed by atoms with Gasteiger partial charge in [0.25, 0.3) is 0 Å². The number of hydrogen-bond donors (Lipinski definition) is 1. The van der Waals surface area contributed by atoms with Gasteiger partial charge in [-0.2, -0.15) is 0 Å². The normalized spacial score (nSPS) is 15.3. The number of hydrogen-bond acceptors (Lipinski definition) is 5. The van der Waals surface area contributed by atoms with Crippen LogP contribution in [0, 0.1) is 6.92 Å². The summed E-state index contributed by atoms with van der Waals surface area (Å²) in [5.41, 5.74) is 8.96. The maximum absolute atomic E-state index is 5.32. The fourth-order valence-electron chi connectivity index (χ4n) is 5.39. The number of anilines is 1. The third kappa shape index (κ3) is 5.57. The van der Waals surface area contributed by atoms with Crippen molar-refractivity contribution in [3.63, 3.8) is 0 Å². The second-order valence-electron chi connectivity index (χ2n) is 9.56. The van der Waals surface area contributed by atoms with Crippen molar-refractivity contribution >= 4 is 5.82 Å². The summed E-state index contributed by atoms with van der Waals surface area (Å²) in [5.74, 6) is 1.75. The van der Waals surface area contributed by atoms with E-state index in [1.807, 2.05) is 0 Å². The molecule has 0 amide bonds. The average Bonchev–Trinajstić information content (AvgIpc) is 2.89. The number of aromatic nitrogens is 2. The van der Waals surface area contributed by atoms with Crippen LogP contribution in [-0.4, -0.2) is 42.2 Å². The molecular formula is C30H40N4O. The first-order chi connectivity index (χ1) is 17.1. The summed E-state index contributed by atoms with van der Waals surface area (Å²) >= 11 is 0. The predicted octanol–water partition coefficient (Wildman–Crippen LogP) is 6.14. The Kier molecular flexibility index (Phi) is 8.53. The van der Waals surface area contributed by atoms with Gasteiger partial charge in [-0.15, -0.1) is 0 Å². The molecule has 0 unspecified atom stereocenters. The minimum absolute atomic E-state index is 0.415. The molecule has 3 aromatic rings. The highest BCUT2D eigenvalue weighted by Gasteiger charge is 2.25. The molecule has 1 aromatic heterocycles. The molecule has 0 aliphatic heterocycles. The molecule has 186 valence electrons. The third-order valence-corrected chi connectivity index (χ3v) is 7.31. The van der Waals surface area contributed by atoms with Crippen LogP contribution in [0.4, 0.5) is 5.82 Å². The Morgan fingerprint density at radius 1 is 1.03 bits per heavy atom. The molecule has 0 radical (unpaired) electrons. The Labute approximate surface area is 211 Å². The van der Waals surface area contributed by atoms with Crippen LogP contribution in [0.15, 0.2) is 42.5 Å². The molecule has 1 aliphatic rings. The van der Waals surface area contributed by atoms with Gasteiger partial charge in [0.05, 0.1) is 6.61 Å². The monoisotopic (exact) mass is 472 g/mol. The van der Waals surface area contributed by atoms with Gasteiger partial charge in [0.15, 0.2) is 5.82 Å². The van der Waals surface area contributed by atoms with Crippen molar-refractivity contribution < 1.29 is 4.74 Å². The van der Waals surface area contributed by atoms with E-state index in [0.717, 1.165) is 36.7 Å². The van der Waals surface area contributed by atoms with Crippen LogP contribution in [0.5, 0.6) is 0 Å². The molecule has 0 saturated carbocycles. The second-order valence-corrected chi connectivity index (χ2v) is 9.56. The highest BCUT2D eigenvalue weighted by Crippen LogP contribution is 2.36. The highest BCUT2D eigenvalue weighted by atomic mass is 16.5. The first-order valence-corrected chi connectivity index (χ1v) is 13.1. The summed E-state index contributed by atoms with van der Waals surface area (Å²) in [7, 11) is 3.97. The number of benzene rings is 2. The van der Waals surface area contributed by atoms with Crippen LogP contribution >= 0.6 is 0 Å². The van der Waals surface area contributed by atoms with Crippen LogP contribution < -0.4 is 5.32 Å². The average molecular weight is 473 g/mol. The summed E-state index contributed by atoms with van der Waals surface area (Å²) in [5, 5.41) is 3.56. The molecule has 1 atom stereocenters. The lowest BCUT2D eigenvalue weighted by Crippen LogP contribution is -2.28. The van der Waals surface area contributed by atoms with Crippen molar-refractivity contribution in [1.29, 1.82) is 0 Å². The van der Waals surface area contributed by atoms with Gasteiger partial charge in [0.2, 0.25) is 0 Å². The molecule has 4 rings (SSSR count). The van der Waals surface area contributed by atoms with Gasteiger partial charge in [0.1, 0.15) is 5.82 Å². The van der Waals surface area contributed by atoms with Crippen molar-refractivity contribution in [2.75, 3.05) is 32.6 Å². The molecule has 5 nitrogen and oxygen atoms in total. The maximum atomic E-state index is 5.32. The zero-order valence-corrected chi connectivity index (χ0v) is 22.0. The third-order valence-electron chi connectivity index (χ3n) is 7.31. The van der Waals surface area contributed by atoms with E-state index in [1.54, 1.807) is 7.11 Å². The fourth-order valence-corrected chi connectivity index (χ4v) is 5.39. The maximum Gasteiger partial charge on any atom is 0.162 e. The summed E-state index contributed by atoms with van der Waals surface area (Å²) in [6.07, 6.45) is 5.51. The van der Waals surface area contributed by atoms with Crippen LogP contribution in [0.1, 0.15) is 66.2 Å². The van der Waals surface area contributed by atoms with Crippen molar-refractivity contribution in [3.8, 4) is 11.4 Å². The lowest BCUT2D eigenvalue weighted by Gasteiger charge is -2.34. The molecule has 0 saturated heterocycles. The molecule has 2 aromatic carbocycles. The molecule has 0 fully saturated rings. The van der Waals surface area contributed by atoms with E-state index in [1.165, 1.54) is 52.6 Å². The molecular weight excluding hydrogens is 432 g/mol. The number of ether oxygens (including phenoxy) is 1. The van der Waals surface area contributed by atoms with Crippen LogP contribution in [0.2, 0.25) is 0 Å². The minimum Gasteiger partial charge on any atom is -0.383 e. The molecule has 5 heteroatoms. The number of fused-ring (bicyclic) bond motifs is 1. The first kappa shape index (κ1) is 25.3. The van der Waals surface area contributed by atoms with E-state index in [9.17, 15) is 0 Å². The zero-order valence-electron chi connectivity index (χ0n) is 22.0. The van der Waals surface area contributed by atoms with Crippen molar-refractivity contribution in [2.24, 2.45) is 0 Å². The number of rotatable bonds is 10. The van der Waals surface area contributed by atoms with E-state index >= 15 is 0 Å². The van der Waals surface area contributed by atoms with E-state index in [0.29, 0.717) is 19.2 Å². The summed E-state index contributed by atoms with van der Waals surface area (Å²) in [4.78, 5) is 12.7. The molecule has 35 heavy (non-hydrogen) atoms.